The maximum absolute atomic E-state index is 11.9. The minimum Gasteiger partial charge on any atom is -0.356 e. The Kier molecular flexibility index (Phi) is 6.92. The molecule has 1 aromatic rings. The summed E-state index contributed by atoms with van der Waals surface area (Å²) in [6.07, 6.45) is 1.26. The average Bonchev–Trinajstić information content (AvgIpc) is 2.55. The van der Waals surface area contributed by atoms with E-state index in [0.29, 0.717) is 18.5 Å². The molecule has 0 aromatic heterocycles. The largest absolute Gasteiger partial charge is 0.356 e. The van der Waals surface area contributed by atoms with Crippen LogP contribution in [-0.4, -0.2) is 61.4 Å². The Morgan fingerprint density at radius 1 is 1.39 bits per heavy atom. The van der Waals surface area contributed by atoms with Gasteiger partial charge in [0.15, 0.2) is 0 Å². The van der Waals surface area contributed by atoms with E-state index in [1.54, 1.807) is 19.0 Å². The zero-order chi connectivity index (χ0) is 16.7. The quantitative estimate of drug-likeness (QED) is 0.818. The lowest BCUT2D eigenvalue weighted by Crippen LogP contribution is -2.41. The number of rotatable bonds is 6. The SMILES string of the molecule is CN(C)C(=O)c1cccc(CCNC(=O)CC2CSCCN2)c1. The summed E-state index contributed by atoms with van der Waals surface area (Å²) in [5, 5.41) is 6.33. The molecule has 1 aromatic carbocycles. The highest BCUT2D eigenvalue weighted by atomic mass is 32.2. The molecule has 0 radical (unpaired) electrons. The van der Waals surface area contributed by atoms with Gasteiger partial charge in [-0.3, -0.25) is 9.59 Å². The van der Waals surface area contributed by atoms with Crippen molar-refractivity contribution < 1.29 is 9.59 Å². The topological polar surface area (TPSA) is 61.4 Å². The molecule has 0 aliphatic carbocycles. The van der Waals surface area contributed by atoms with E-state index in [2.05, 4.69) is 10.6 Å². The summed E-state index contributed by atoms with van der Waals surface area (Å²) >= 11 is 1.89. The number of thioether (sulfide) groups is 1. The second-order valence-corrected chi connectivity index (χ2v) is 7.08. The Labute approximate surface area is 142 Å². The van der Waals surface area contributed by atoms with E-state index >= 15 is 0 Å². The fraction of sp³-hybridized carbons (Fsp3) is 0.529. The van der Waals surface area contributed by atoms with Crippen LogP contribution in [0.3, 0.4) is 0 Å². The van der Waals surface area contributed by atoms with Gasteiger partial charge in [-0.05, 0) is 24.1 Å². The predicted octanol–water partition coefficient (Wildman–Crippen LogP) is 1.14. The molecule has 5 nitrogen and oxygen atoms in total. The van der Waals surface area contributed by atoms with Gasteiger partial charge >= 0.3 is 0 Å². The Balaban J connectivity index is 1.76. The van der Waals surface area contributed by atoms with Crippen molar-refractivity contribution in [1.29, 1.82) is 0 Å². The third-order valence-electron chi connectivity index (χ3n) is 3.75. The van der Waals surface area contributed by atoms with Crippen molar-refractivity contribution in [2.75, 3.05) is 38.7 Å². The van der Waals surface area contributed by atoms with E-state index in [1.165, 1.54) is 0 Å². The number of hydrogen-bond donors (Lipinski definition) is 2. The number of hydrogen-bond acceptors (Lipinski definition) is 4. The molecular weight excluding hydrogens is 310 g/mol. The van der Waals surface area contributed by atoms with Crippen LogP contribution in [0.25, 0.3) is 0 Å². The van der Waals surface area contributed by atoms with Gasteiger partial charge in [-0.15, -0.1) is 0 Å². The molecule has 23 heavy (non-hydrogen) atoms. The molecule has 1 saturated heterocycles. The van der Waals surface area contributed by atoms with E-state index < -0.39 is 0 Å². The summed E-state index contributed by atoms with van der Waals surface area (Å²) in [5.41, 5.74) is 1.74. The zero-order valence-corrected chi connectivity index (χ0v) is 14.6. The Morgan fingerprint density at radius 3 is 2.91 bits per heavy atom. The van der Waals surface area contributed by atoms with Gasteiger partial charge < -0.3 is 15.5 Å². The van der Waals surface area contributed by atoms with Crippen LogP contribution in [0.4, 0.5) is 0 Å². The van der Waals surface area contributed by atoms with Crippen LogP contribution in [0.5, 0.6) is 0 Å². The Bertz CT molecular complexity index is 542. The van der Waals surface area contributed by atoms with Crippen molar-refractivity contribution in [2.45, 2.75) is 18.9 Å². The smallest absolute Gasteiger partial charge is 0.253 e. The summed E-state index contributed by atoms with van der Waals surface area (Å²) in [6.45, 7) is 1.58. The highest BCUT2D eigenvalue weighted by molar-refractivity contribution is 7.99. The first kappa shape index (κ1) is 17.8. The van der Waals surface area contributed by atoms with Gasteiger partial charge in [0.2, 0.25) is 5.91 Å². The molecule has 1 aliphatic rings. The number of carbonyl (C=O) groups excluding carboxylic acids is 2. The van der Waals surface area contributed by atoms with Crippen LogP contribution in [0.2, 0.25) is 0 Å². The normalized spacial score (nSPS) is 17.6. The molecule has 1 unspecified atom stereocenters. The van der Waals surface area contributed by atoms with Gasteiger partial charge in [0.05, 0.1) is 0 Å². The van der Waals surface area contributed by atoms with Gasteiger partial charge in [0.25, 0.3) is 5.91 Å². The van der Waals surface area contributed by atoms with Crippen molar-refractivity contribution in [2.24, 2.45) is 0 Å². The first-order valence-corrected chi connectivity index (χ1v) is 9.10. The van der Waals surface area contributed by atoms with Crippen LogP contribution in [0.1, 0.15) is 22.3 Å². The van der Waals surface area contributed by atoms with E-state index in [4.69, 9.17) is 0 Å². The molecule has 1 aliphatic heterocycles. The summed E-state index contributed by atoms with van der Waals surface area (Å²) in [7, 11) is 3.49. The fourth-order valence-corrected chi connectivity index (χ4v) is 3.46. The van der Waals surface area contributed by atoms with E-state index in [-0.39, 0.29) is 17.9 Å². The highest BCUT2D eigenvalue weighted by Gasteiger charge is 2.16. The number of benzene rings is 1. The van der Waals surface area contributed by atoms with E-state index in [1.807, 2.05) is 36.0 Å². The van der Waals surface area contributed by atoms with Crippen LogP contribution in [-0.2, 0) is 11.2 Å². The predicted molar refractivity (Wildman–Crippen MR) is 94.9 cm³/mol. The molecule has 2 rings (SSSR count). The van der Waals surface area contributed by atoms with Crippen LogP contribution in [0, 0.1) is 0 Å². The molecule has 126 valence electrons. The second-order valence-electron chi connectivity index (χ2n) is 5.93. The highest BCUT2D eigenvalue weighted by Crippen LogP contribution is 2.10. The molecule has 2 amide bonds. The molecule has 2 N–H and O–H groups in total. The first-order chi connectivity index (χ1) is 11.1. The van der Waals surface area contributed by atoms with Gasteiger partial charge in [0.1, 0.15) is 0 Å². The number of carbonyl (C=O) groups is 2. The minimum absolute atomic E-state index is 0.00300. The third-order valence-corrected chi connectivity index (χ3v) is 4.88. The Hall–Kier alpha value is -1.53. The summed E-state index contributed by atoms with van der Waals surface area (Å²) in [5.74, 6) is 2.21. The van der Waals surface area contributed by atoms with Crippen molar-refractivity contribution >= 4 is 23.6 Å². The van der Waals surface area contributed by atoms with Gasteiger partial charge in [-0.1, -0.05) is 12.1 Å². The molecule has 1 atom stereocenters. The number of amides is 2. The van der Waals surface area contributed by atoms with Crippen molar-refractivity contribution in [3.05, 3.63) is 35.4 Å². The lowest BCUT2D eigenvalue weighted by Gasteiger charge is -2.22. The fourth-order valence-electron chi connectivity index (χ4n) is 2.51. The molecule has 1 heterocycles. The maximum Gasteiger partial charge on any atom is 0.253 e. The lowest BCUT2D eigenvalue weighted by molar-refractivity contribution is -0.121. The van der Waals surface area contributed by atoms with Gasteiger partial charge in [-0.25, -0.2) is 0 Å². The minimum atomic E-state index is -0.00300. The molecular formula is C17H25N3O2S. The lowest BCUT2D eigenvalue weighted by atomic mass is 10.1. The molecule has 1 fully saturated rings. The van der Waals surface area contributed by atoms with Gasteiger partial charge in [-0.2, -0.15) is 11.8 Å². The Morgan fingerprint density at radius 2 is 2.22 bits per heavy atom. The molecule has 0 saturated carbocycles. The van der Waals surface area contributed by atoms with Crippen LogP contribution < -0.4 is 10.6 Å². The monoisotopic (exact) mass is 335 g/mol. The van der Waals surface area contributed by atoms with E-state index in [9.17, 15) is 9.59 Å². The number of nitrogens with one attached hydrogen (secondary N) is 2. The summed E-state index contributed by atoms with van der Waals surface area (Å²) in [4.78, 5) is 25.5. The molecule has 6 heteroatoms. The van der Waals surface area contributed by atoms with Gasteiger partial charge in [0, 0.05) is 56.7 Å². The van der Waals surface area contributed by atoms with Crippen LogP contribution in [0.15, 0.2) is 24.3 Å². The van der Waals surface area contributed by atoms with Crippen molar-refractivity contribution in [3.63, 3.8) is 0 Å². The standard InChI is InChI=1S/C17H25N3O2S/c1-20(2)17(22)14-5-3-4-13(10-14)6-7-19-16(21)11-15-12-23-9-8-18-15/h3-5,10,15,18H,6-9,11-12H2,1-2H3,(H,19,21). The van der Waals surface area contributed by atoms with Crippen molar-refractivity contribution in [1.82, 2.24) is 15.5 Å². The third kappa shape index (κ3) is 5.88. The van der Waals surface area contributed by atoms with E-state index in [0.717, 1.165) is 30.0 Å². The maximum atomic E-state index is 11.9. The second kappa shape index (κ2) is 8.93. The molecule has 0 bridgehead atoms. The van der Waals surface area contributed by atoms with Crippen molar-refractivity contribution in [3.8, 4) is 0 Å². The first-order valence-electron chi connectivity index (χ1n) is 7.94. The molecule has 0 spiro atoms. The average molecular weight is 335 g/mol. The summed E-state index contributed by atoms with van der Waals surface area (Å²) in [6, 6.07) is 7.87. The summed E-state index contributed by atoms with van der Waals surface area (Å²) < 4.78 is 0. The van der Waals surface area contributed by atoms with Crippen LogP contribution >= 0.6 is 11.8 Å². The number of nitrogens with zero attached hydrogens (tertiary/aromatic N) is 1. The zero-order valence-electron chi connectivity index (χ0n) is 13.8.